The second-order valence-electron chi connectivity index (χ2n) is 8.30. The van der Waals surface area contributed by atoms with Crippen molar-refractivity contribution in [3.8, 4) is 0 Å². The first-order valence-electron chi connectivity index (χ1n) is 11.0. The van der Waals surface area contributed by atoms with Gasteiger partial charge in [-0.3, -0.25) is 9.59 Å². The number of rotatable bonds is 9. The van der Waals surface area contributed by atoms with Gasteiger partial charge in [-0.1, -0.05) is 62.4 Å². The lowest BCUT2D eigenvalue weighted by atomic mass is 9.96. The van der Waals surface area contributed by atoms with E-state index in [9.17, 15) is 14.4 Å². The van der Waals surface area contributed by atoms with Crippen LogP contribution >= 0.6 is 0 Å². The molecule has 1 aliphatic carbocycles. The highest BCUT2D eigenvalue weighted by molar-refractivity contribution is 6.00. The van der Waals surface area contributed by atoms with Crippen LogP contribution in [0.1, 0.15) is 49.0 Å². The van der Waals surface area contributed by atoms with E-state index in [-0.39, 0.29) is 30.9 Å². The molecule has 2 amide bonds. The first-order chi connectivity index (χ1) is 15.4. The number of carbonyl (C=O) groups is 3. The van der Waals surface area contributed by atoms with Crippen molar-refractivity contribution in [2.24, 2.45) is 5.92 Å². The van der Waals surface area contributed by atoms with Crippen molar-refractivity contribution in [3.05, 3.63) is 71.8 Å². The van der Waals surface area contributed by atoms with Crippen molar-refractivity contribution in [2.45, 2.75) is 39.2 Å². The summed E-state index contributed by atoms with van der Waals surface area (Å²) in [7, 11) is 0. The summed E-state index contributed by atoms with van der Waals surface area (Å²) in [5, 5.41) is 7.30. The van der Waals surface area contributed by atoms with Crippen LogP contribution in [0.2, 0.25) is 0 Å². The summed E-state index contributed by atoms with van der Waals surface area (Å²) in [5.74, 6) is -0.740. The van der Waals surface area contributed by atoms with Crippen LogP contribution in [0, 0.1) is 5.92 Å². The molecule has 0 heterocycles. The van der Waals surface area contributed by atoms with Crippen LogP contribution < -0.4 is 10.6 Å². The van der Waals surface area contributed by atoms with Crippen molar-refractivity contribution in [1.29, 1.82) is 0 Å². The lowest BCUT2D eigenvalue weighted by Gasteiger charge is -2.19. The molecule has 2 N–H and O–H groups in total. The van der Waals surface area contributed by atoms with Gasteiger partial charge in [0.1, 0.15) is 6.04 Å². The van der Waals surface area contributed by atoms with E-state index >= 15 is 0 Å². The highest BCUT2D eigenvalue weighted by Crippen LogP contribution is 2.27. The summed E-state index contributed by atoms with van der Waals surface area (Å²) in [6.45, 7) is 5.68. The second kappa shape index (κ2) is 10.8. The molecule has 0 bridgehead atoms. The Labute approximate surface area is 188 Å². The van der Waals surface area contributed by atoms with E-state index in [1.807, 2.05) is 44.2 Å². The molecule has 0 saturated carbocycles. The summed E-state index contributed by atoms with van der Waals surface area (Å²) >= 11 is 0. The van der Waals surface area contributed by atoms with Gasteiger partial charge in [-0.05, 0) is 47.7 Å². The van der Waals surface area contributed by atoms with Gasteiger partial charge in [0.15, 0.2) is 0 Å². The molecule has 0 unspecified atom stereocenters. The standard InChI is InChI=1S/C26H30N2O4/c1-4-32-26(31)23(13-17(2)3)28-24(29)16-27-25(30)22-12-11-20-14-19(9-10-21(20)15-22)18-7-5-6-8-18/h5-12,14-15,17-18,23H,4,13,16H2,1-3H3,(H,27,30)(H,28,29)/t23-/m0/s1. The molecule has 0 saturated heterocycles. The van der Waals surface area contributed by atoms with E-state index < -0.39 is 17.9 Å². The van der Waals surface area contributed by atoms with Gasteiger partial charge in [0.2, 0.25) is 5.91 Å². The van der Waals surface area contributed by atoms with Gasteiger partial charge in [-0.25, -0.2) is 4.79 Å². The predicted octanol–water partition coefficient (Wildman–Crippen LogP) is 3.87. The number of allylic oxidation sites excluding steroid dienone is 4. The molecule has 0 aromatic heterocycles. The number of benzene rings is 2. The Morgan fingerprint density at radius 2 is 1.69 bits per heavy atom. The zero-order valence-electron chi connectivity index (χ0n) is 18.8. The molecule has 32 heavy (non-hydrogen) atoms. The van der Waals surface area contributed by atoms with E-state index in [1.54, 1.807) is 13.0 Å². The number of carbonyl (C=O) groups excluding carboxylic acids is 3. The third kappa shape index (κ3) is 6.06. The van der Waals surface area contributed by atoms with Crippen molar-refractivity contribution in [2.75, 3.05) is 13.2 Å². The fourth-order valence-corrected chi connectivity index (χ4v) is 3.70. The van der Waals surface area contributed by atoms with Crippen LogP contribution in [0.5, 0.6) is 0 Å². The minimum atomic E-state index is -0.723. The first-order valence-corrected chi connectivity index (χ1v) is 11.0. The summed E-state index contributed by atoms with van der Waals surface area (Å²) in [6.07, 6.45) is 8.83. The summed E-state index contributed by atoms with van der Waals surface area (Å²) < 4.78 is 5.03. The number of nitrogens with one attached hydrogen (secondary N) is 2. The van der Waals surface area contributed by atoms with Gasteiger partial charge in [0, 0.05) is 11.5 Å². The Morgan fingerprint density at radius 1 is 1.00 bits per heavy atom. The number of hydrogen-bond donors (Lipinski definition) is 2. The predicted molar refractivity (Wildman–Crippen MR) is 125 cm³/mol. The average molecular weight is 435 g/mol. The molecule has 0 spiro atoms. The fourth-order valence-electron chi connectivity index (χ4n) is 3.70. The second-order valence-corrected chi connectivity index (χ2v) is 8.30. The third-order valence-electron chi connectivity index (χ3n) is 5.28. The van der Waals surface area contributed by atoms with Gasteiger partial charge in [0.05, 0.1) is 13.2 Å². The molecule has 0 fully saturated rings. The van der Waals surface area contributed by atoms with Crippen LogP contribution in [-0.2, 0) is 14.3 Å². The van der Waals surface area contributed by atoms with Crippen LogP contribution in [0.3, 0.4) is 0 Å². The van der Waals surface area contributed by atoms with Crippen LogP contribution in [0.15, 0.2) is 60.7 Å². The van der Waals surface area contributed by atoms with Gasteiger partial charge in [-0.15, -0.1) is 0 Å². The van der Waals surface area contributed by atoms with Crippen LogP contribution in [0.25, 0.3) is 10.8 Å². The van der Waals surface area contributed by atoms with Crippen molar-refractivity contribution < 1.29 is 19.1 Å². The van der Waals surface area contributed by atoms with Crippen molar-refractivity contribution >= 4 is 28.6 Å². The maximum absolute atomic E-state index is 12.6. The van der Waals surface area contributed by atoms with Gasteiger partial charge >= 0.3 is 5.97 Å². The highest BCUT2D eigenvalue weighted by atomic mass is 16.5. The lowest BCUT2D eigenvalue weighted by molar-refractivity contribution is -0.147. The monoisotopic (exact) mass is 434 g/mol. The molecule has 2 aromatic carbocycles. The quantitative estimate of drug-likeness (QED) is 0.587. The Kier molecular flexibility index (Phi) is 7.82. The SMILES string of the molecule is CCOC(=O)[C@H](CC(C)C)NC(=O)CNC(=O)c1ccc2cc(C3C=CC=C3)ccc2c1. The molecule has 168 valence electrons. The zero-order valence-corrected chi connectivity index (χ0v) is 18.8. The van der Waals surface area contributed by atoms with Crippen molar-refractivity contribution in [1.82, 2.24) is 10.6 Å². The molecule has 0 radical (unpaired) electrons. The fraction of sp³-hybridized carbons (Fsp3) is 0.346. The normalized spacial score (nSPS) is 14.0. The van der Waals surface area contributed by atoms with Gasteiger partial charge in [-0.2, -0.15) is 0 Å². The van der Waals surface area contributed by atoms with E-state index in [0.717, 1.165) is 10.8 Å². The maximum atomic E-state index is 12.6. The van der Waals surface area contributed by atoms with E-state index in [0.29, 0.717) is 12.0 Å². The number of esters is 1. The van der Waals surface area contributed by atoms with E-state index in [4.69, 9.17) is 4.74 Å². The van der Waals surface area contributed by atoms with Gasteiger partial charge in [0.25, 0.3) is 5.91 Å². The minimum Gasteiger partial charge on any atom is -0.464 e. The molecule has 6 heteroatoms. The largest absolute Gasteiger partial charge is 0.464 e. The maximum Gasteiger partial charge on any atom is 0.328 e. The summed E-state index contributed by atoms with van der Waals surface area (Å²) in [6, 6.07) is 10.9. The molecule has 1 aliphatic rings. The minimum absolute atomic E-state index is 0.207. The van der Waals surface area contributed by atoms with Crippen LogP contribution in [-0.4, -0.2) is 37.0 Å². The highest BCUT2D eigenvalue weighted by Gasteiger charge is 2.23. The van der Waals surface area contributed by atoms with Crippen molar-refractivity contribution in [3.63, 3.8) is 0 Å². The molecular formula is C26H30N2O4. The van der Waals surface area contributed by atoms with Crippen LogP contribution in [0.4, 0.5) is 0 Å². The Bertz CT molecular complexity index is 1040. The van der Waals surface area contributed by atoms with E-state index in [1.165, 1.54) is 5.56 Å². The Morgan fingerprint density at radius 3 is 2.38 bits per heavy atom. The average Bonchev–Trinajstić information content (AvgIpc) is 3.31. The first kappa shape index (κ1) is 23.3. The molecule has 1 atom stereocenters. The summed E-state index contributed by atoms with van der Waals surface area (Å²) in [5.41, 5.74) is 1.68. The van der Waals surface area contributed by atoms with E-state index in [2.05, 4.69) is 34.9 Å². The summed E-state index contributed by atoms with van der Waals surface area (Å²) in [4.78, 5) is 37.0. The Hall–Kier alpha value is -3.41. The van der Waals surface area contributed by atoms with Gasteiger partial charge < -0.3 is 15.4 Å². The molecule has 3 rings (SSSR count). The number of hydrogen-bond acceptors (Lipinski definition) is 4. The zero-order chi connectivity index (χ0) is 23.1. The molecular weight excluding hydrogens is 404 g/mol. The topological polar surface area (TPSA) is 84.5 Å². The lowest BCUT2D eigenvalue weighted by Crippen LogP contribution is -2.46. The molecule has 2 aromatic rings. The molecule has 0 aliphatic heterocycles. The number of amides is 2. The smallest absolute Gasteiger partial charge is 0.328 e. The number of ether oxygens (including phenoxy) is 1. The number of fused-ring (bicyclic) bond motifs is 1. The Balaban J connectivity index is 1.60. The molecule has 6 nitrogen and oxygen atoms in total. The third-order valence-corrected chi connectivity index (χ3v) is 5.28.